The minimum absolute atomic E-state index is 0.0603. The lowest BCUT2D eigenvalue weighted by molar-refractivity contribution is 0.597. The van der Waals surface area contributed by atoms with E-state index in [9.17, 15) is 12.8 Å². The van der Waals surface area contributed by atoms with E-state index < -0.39 is 15.7 Å². The Bertz CT molecular complexity index is 733. The molecule has 7 heteroatoms. The van der Waals surface area contributed by atoms with Crippen LogP contribution < -0.4 is 5.73 Å². The Labute approximate surface area is 132 Å². The van der Waals surface area contributed by atoms with Crippen LogP contribution in [0.4, 0.5) is 10.1 Å². The zero-order valence-electron chi connectivity index (χ0n) is 10.9. The first kappa shape index (κ1) is 16.1. The van der Waals surface area contributed by atoms with Crippen LogP contribution in [0.1, 0.15) is 0 Å². The van der Waals surface area contributed by atoms with Gasteiger partial charge in [-0.2, -0.15) is 0 Å². The average Bonchev–Trinajstić information content (AvgIpc) is 2.43. The van der Waals surface area contributed by atoms with Crippen LogP contribution in [0.15, 0.2) is 52.3 Å². The molecule has 112 valence electrons. The van der Waals surface area contributed by atoms with E-state index in [1.54, 1.807) is 0 Å². The molecule has 21 heavy (non-hydrogen) atoms. The number of rotatable bonds is 5. The molecular formula is C14H13ClFNO2S2. The summed E-state index contributed by atoms with van der Waals surface area (Å²) >= 11 is 6.95. The van der Waals surface area contributed by atoms with E-state index in [0.717, 1.165) is 0 Å². The van der Waals surface area contributed by atoms with Gasteiger partial charge in [0.05, 0.1) is 10.6 Å². The highest BCUT2D eigenvalue weighted by molar-refractivity contribution is 8.00. The number of benzene rings is 2. The predicted octanol–water partition coefficient (Wildman–Crippen LogP) is 3.63. The molecule has 0 bridgehead atoms. The van der Waals surface area contributed by atoms with Gasteiger partial charge in [-0.3, -0.25) is 0 Å². The number of anilines is 1. The SMILES string of the molecule is Nc1ccc(F)cc1SCCS(=O)(=O)c1ccc(Cl)cc1. The third kappa shape index (κ3) is 4.36. The molecule has 0 aliphatic rings. The quantitative estimate of drug-likeness (QED) is 0.664. The molecule has 0 heterocycles. The summed E-state index contributed by atoms with van der Waals surface area (Å²) in [6.45, 7) is 0. The van der Waals surface area contributed by atoms with Crippen molar-refractivity contribution in [1.82, 2.24) is 0 Å². The van der Waals surface area contributed by atoms with E-state index in [4.69, 9.17) is 17.3 Å². The van der Waals surface area contributed by atoms with E-state index in [2.05, 4.69) is 0 Å². The third-order valence-electron chi connectivity index (χ3n) is 2.76. The largest absolute Gasteiger partial charge is 0.398 e. The van der Waals surface area contributed by atoms with Gasteiger partial charge >= 0.3 is 0 Å². The molecule has 0 spiro atoms. The van der Waals surface area contributed by atoms with E-state index in [0.29, 0.717) is 21.4 Å². The number of nitrogen functional groups attached to an aromatic ring is 1. The molecule has 3 nitrogen and oxygen atoms in total. The van der Waals surface area contributed by atoms with Crippen molar-refractivity contribution < 1.29 is 12.8 Å². The number of hydrogen-bond acceptors (Lipinski definition) is 4. The molecule has 2 rings (SSSR count). The summed E-state index contributed by atoms with van der Waals surface area (Å²) in [5.41, 5.74) is 6.15. The molecular weight excluding hydrogens is 333 g/mol. The van der Waals surface area contributed by atoms with E-state index >= 15 is 0 Å². The predicted molar refractivity (Wildman–Crippen MR) is 85.0 cm³/mol. The van der Waals surface area contributed by atoms with Crippen molar-refractivity contribution in [2.75, 3.05) is 17.2 Å². The fourth-order valence-corrected chi connectivity index (χ4v) is 4.43. The van der Waals surface area contributed by atoms with Gasteiger partial charge in [-0.15, -0.1) is 11.8 Å². The monoisotopic (exact) mass is 345 g/mol. The second-order valence-corrected chi connectivity index (χ2v) is 7.99. The zero-order chi connectivity index (χ0) is 15.5. The van der Waals surface area contributed by atoms with E-state index in [-0.39, 0.29) is 10.6 Å². The Balaban J connectivity index is 2.02. The molecule has 0 aliphatic heterocycles. The molecule has 0 saturated heterocycles. The molecule has 0 saturated carbocycles. The lowest BCUT2D eigenvalue weighted by Crippen LogP contribution is -2.08. The van der Waals surface area contributed by atoms with Crippen molar-refractivity contribution in [3.8, 4) is 0 Å². The van der Waals surface area contributed by atoms with Crippen LogP contribution in [0, 0.1) is 5.82 Å². The summed E-state index contributed by atoms with van der Waals surface area (Å²) in [5.74, 6) is -0.166. The van der Waals surface area contributed by atoms with Gasteiger partial charge in [0.25, 0.3) is 0 Å². The van der Waals surface area contributed by atoms with Crippen LogP contribution >= 0.6 is 23.4 Å². The van der Waals surface area contributed by atoms with Crippen molar-refractivity contribution >= 4 is 38.9 Å². The first-order valence-electron chi connectivity index (χ1n) is 6.04. The Morgan fingerprint density at radius 1 is 1.14 bits per heavy atom. The molecule has 0 aliphatic carbocycles. The summed E-state index contributed by atoms with van der Waals surface area (Å²) in [7, 11) is -3.38. The Morgan fingerprint density at radius 3 is 2.48 bits per heavy atom. The fraction of sp³-hybridized carbons (Fsp3) is 0.143. The van der Waals surface area contributed by atoms with Gasteiger partial charge in [0, 0.05) is 21.4 Å². The van der Waals surface area contributed by atoms with Crippen molar-refractivity contribution in [2.45, 2.75) is 9.79 Å². The summed E-state index contributed by atoms with van der Waals surface area (Å²) < 4.78 is 37.4. The van der Waals surface area contributed by atoms with Gasteiger partial charge in [-0.25, -0.2) is 12.8 Å². The van der Waals surface area contributed by atoms with Gasteiger partial charge in [-0.1, -0.05) is 11.6 Å². The number of nitrogens with two attached hydrogens (primary N) is 1. The van der Waals surface area contributed by atoms with Crippen LogP contribution in [0.2, 0.25) is 5.02 Å². The highest BCUT2D eigenvalue weighted by atomic mass is 35.5. The van der Waals surface area contributed by atoms with E-state index in [1.807, 2.05) is 0 Å². The lowest BCUT2D eigenvalue weighted by Gasteiger charge is -2.07. The maximum absolute atomic E-state index is 13.1. The van der Waals surface area contributed by atoms with Gasteiger partial charge in [0.2, 0.25) is 0 Å². The number of sulfone groups is 1. The highest BCUT2D eigenvalue weighted by Crippen LogP contribution is 2.26. The second kappa shape index (κ2) is 6.68. The number of thioether (sulfide) groups is 1. The van der Waals surface area contributed by atoms with Gasteiger partial charge < -0.3 is 5.73 Å². The van der Waals surface area contributed by atoms with Crippen molar-refractivity contribution in [1.29, 1.82) is 0 Å². The van der Waals surface area contributed by atoms with Crippen molar-refractivity contribution in [3.05, 3.63) is 53.3 Å². The molecule has 2 aromatic rings. The van der Waals surface area contributed by atoms with Crippen LogP contribution in [-0.2, 0) is 9.84 Å². The number of halogens is 2. The standard InChI is InChI=1S/C14H13ClFNO2S2/c15-10-1-4-12(5-2-10)21(18,19)8-7-20-14-9-11(16)3-6-13(14)17/h1-6,9H,7-8,17H2. The Hall–Kier alpha value is -1.24. The molecule has 2 aromatic carbocycles. The first-order valence-corrected chi connectivity index (χ1v) is 9.06. The van der Waals surface area contributed by atoms with Crippen molar-refractivity contribution in [3.63, 3.8) is 0 Å². The first-order chi connectivity index (χ1) is 9.88. The van der Waals surface area contributed by atoms with Crippen molar-refractivity contribution in [2.24, 2.45) is 0 Å². The Kier molecular flexibility index (Phi) is 5.13. The van der Waals surface area contributed by atoms with E-state index in [1.165, 1.54) is 54.2 Å². The van der Waals surface area contributed by atoms with Crippen LogP contribution in [0.3, 0.4) is 0 Å². The summed E-state index contributed by atoms with van der Waals surface area (Å²) in [4.78, 5) is 0.765. The number of hydrogen-bond donors (Lipinski definition) is 1. The molecule has 0 atom stereocenters. The maximum Gasteiger partial charge on any atom is 0.179 e. The van der Waals surface area contributed by atoms with Crippen LogP contribution in [-0.4, -0.2) is 19.9 Å². The van der Waals surface area contributed by atoms with Gasteiger partial charge in [-0.05, 0) is 42.5 Å². The zero-order valence-corrected chi connectivity index (χ0v) is 13.3. The van der Waals surface area contributed by atoms with Gasteiger partial charge in [0.1, 0.15) is 5.82 Å². The minimum atomic E-state index is -3.38. The summed E-state index contributed by atoms with van der Waals surface area (Å²) in [6, 6.07) is 10.0. The van der Waals surface area contributed by atoms with Gasteiger partial charge in [0.15, 0.2) is 9.84 Å². The molecule has 0 radical (unpaired) electrons. The van der Waals surface area contributed by atoms with Crippen LogP contribution in [0.5, 0.6) is 0 Å². The normalized spacial score (nSPS) is 11.5. The fourth-order valence-electron chi connectivity index (χ4n) is 1.65. The molecule has 0 unspecified atom stereocenters. The lowest BCUT2D eigenvalue weighted by atomic mass is 10.3. The highest BCUT2D eigenvalue weighted by Gasteiger charge is 2.14. The summed E-state index contributed by atoms with van der Waals surface area (Å²) in [5, 5.41) is 0.482. The average molecular weight is 346 g/mol. The molecule has 0 amide bonds. The Morgan fingerprint density at radius 2 is 1.81 bits per heavy atom. The third-order valence-corrected chi connectivity index (χ3v) is 6.07. The summed E-state index contributed by atoms with van der Waals surface area (Å²) in [6.07, 6.45) is 0. The molecule has 0 fully saturated rings. The topological polar surface area (TPSA) is 60.2 Å². The second-order valence-electron chi connectivity index (χ2n) is 4.30. The smallest absolute Gasteiger partial charge is 0.179 e. The maximum atomic E-state index is 13.1. The molecule has 2 N–H and O–H groups in total. The molecule has 0 aromatic heterocycles. The van der Waals surface area contributed by atoms with Crippen LogP contribution in [0.25, 0.3) is 0 Å². The minimum Gasteiger partial charge on any atom is -0.398 e.